The highest BCUT2D eigenvalue weighted by atomic mass is 14.8. The molecule has 0 saturated carbocycles. The van der Waals surface area contributed by atoms with E-state index in [1.54, 1.807) is 0 Å². The van der Waals surface area contributed by atoms with Gasteiger partial charge in [0.25, 0.3) is 0 Å². The van der Waals surface area contributed by atoms with Crippen LogP contribution in [0.4, 0.5) is 0 Å². The SMILES string of the molecule is CCc1ccc(CNCCC(C)(C)C#N)cc1. The Morgan fingerprint density at radius 1 is 1.18 bits per heavy atom. The van der Waals surface area contributed by atoms with Crippen molar-refractivity contribution in [1.82, 2.24) is 5.32 Å². The highest BCUT2D eigenvalue weighted by Gasteiger charge is 2.15. The Balaban J connectivity index is 2.29. The molecule has 0 aliphatic carbocycles. The van der Waals surface area contributed by atoms with Crippen LogP contribution >= 0.6 is 0 Å². The van der Waals surface area contributed by atoms with Gasteiger partial charge in [-0.25, -0.2) is 0 Å². The van der Waals surface area contributed by atoms with Crippen molar-refractivity contribution in [3.8, 4) is 6.07 Å². The van der Waals surface area contributed by atoms with Gasteiger partial charge in [0.05, 0.1) is 11.5 Å². The Bertz CT molecular complexity index is 371. The fourth-order valence-electron chi connectivity index (χ4n) is 1.58. The molecule has 1 N–H and O–H groups in total. The van der Waals surface area contributed by atoms with Crippen molar-refractivity contribution in [3.05, 3.63) is 35.4 Å². The molecule has 1 rings (SSSR count). The first-order valence-electron chi connectivity index (χ1n) is 6.27. The average Bonchev–Trinajstić information content (AvgIpc) is 2.35. The summed E-state index contributed by atoms with van der Waals surface area (Å²) in [4.78, 5) is 0. The van der Waals surface area contributed by atoms with E-state index in [1.807, 2.05) is 13.8 Å². The van der Waals surface area contributed by atoms with Crippen LogP contribution in [0.1, 0.15) is 38.3 Å². The van der Waals surface area contributed by atoms with Gasteiger partial charge >= 0.3 is 0 Å². The number of nitrogens with zero attached hydrogens (tertiary/aromatic N) is 1. The second-order valence-corrected chi connectivity index (χ2v) is 5.09. The van der Waals surface area contributed by atoms with E-state index in [4.69, 9.17) is 5.26 Å². The molecule has 0 fully saturated rings. The second-order valence-electron chi connectivity index (χ2n) is 5.09. The van der Waals surface area contributed by atoms with Crippen LogP contribution in [0.5, 0.6) is 0 Å². The molecule has 2 heteroatoms. The van der Waals surface area contributed by atoms with Crippen molar-refractivity contribution in [1.29, 1.82) is 5.26 Å². The molecule has 0 aliphatic rings. The Morgan fingerprint density at radius 2 is 1.76 bits per heavy atom. The molecule has 0 unspecified atom stereocenters. The van der Waals surface area contributed by atoms with Gasteiger partial charge in [-0.3, -0.25) is 0 Å². The van der Waals surface area contributed by atoms with E-state index in [0.717, 1.165) is 25.9 Å². The summed E-state index contributed by atoms with van der Waals surface area (Å²) >= 11 is 0. The number of hydrogen-bond donors (Lipinski definition) is 1. The summed E-state index contributed by atoms with van der Waals surface area (Å²) in [6, 6.07) is 11.0. The largest absolute Gasteiger partial charge is 0.313 e. The lowest BCUT2D eigenvalue weighted by atomic mass is 9.91. The third-order valence-corrected chi connectivity index (χ3v) is 2.99. The second kappa shape index (κ2) is 6.42. The van der Waals surface area contributed by atoms with Crippen LogP contribution in [0.2, 0.25) is 0 Å². The number of nitrogens with one attached hydrogen (secondary N) is 1. The number of rotatable bonds is 6. The van der Waals surface area contributed by atoms with E-state index in [2.05, 4.69) is 42.6 Å². The Morgan fingerprint density at radius 3 is 2.29 bits per heavy atom. The number of aryl methyl sites for hydroxylation is 1. The molecular formula is C15H22N2. The van der Waals surface area contributed by atoms with Crippen molar-refractivity contribution in [3.63, 3.8) is 0 Å². The molecule has 0 atom stereocenters. The van der Waals surface area contributed by atoms with Gasteiger partial charge in [-0.15, -0.1) is 0 Å². The molecule has 0 spiro atoms. The predicted octanol–water partition coefficient (Wildman–Crippen LogP) is 3.28. The Labute approximate surface area is 105 Å². The highest BCUT2D eigenvalue weighted by Crippen LogP contribution is 2.17. The van der Waals surface area contributed by atoms with Crippen LogP contribution in [-0.2, 0) is 13.0 Å². The van der Waals surface area contributed by atoms with Crippen LogP contribution in [0, 0.1) is 16.7 Å². The maximum atomic E-state index is 8.89. The lowest BCUT2D eigenvalue weighted by Gasteiger charge is -2.15. The lowest BCUT2D eigenvalue weighted by molar-refractivity contribution is 0.432. The predicted molar refractivity (Wildman–Crippen MR) is 71.5 cm³/mol. The maximum absolute atomic E-state index is 8.89. The van der Waals surface area contributed by atoms with Crippen LogP contribution < -0.4 is 5.32 Å². The minimum absolute atomic E-state index is 0.223. The molecule has 1 aromatic carbocycles. The van der Waals surface area contributed by atoms with Crippen LogP contribution in [0.3, 0.4) is 0 Å². The van der Waals surface area contributed by atoms with Crippen LogP contribution in [0.15, 0.2) is 24.3 Å². The van der Waals surface area contributed by atoms with E-state index in [1.165, 1.54) is 11.1 Å². The Hall–Kier alpha value is -1.33. The molecule has 0 saturated heterocycles. The summed E-state index contributed by atoms with van der Waals surface area (Å²) in [6.45, 7) is 7.88. The summed E-state index contributed by atoms with van der Waals surface area (Å²) in [5.74, 6) is 0. The van der Waals surface area contributed by atoms with Crippen molar-refractivity contribution >= 4 is 0 Å². The highest BCUT2D eigenvalue weighted by molar-refractivity contribution is 5.22. The third kappa shape index (κ3) is 5.01. The van der Waals surface area contributed by atoms with Crippen LogP contribution in [0.25, 0.3) is 0 Å². The van der Waals surface area contributed by atoms with Gasteiger partial charge in [-0.05, 0) is 44.4 Å². The molecule has 0 amide bonds. The molecule has 17 heavy (non-hydrogen) atoms. The van der Waals surface area contributed by atoms with Crippen molar-refractivity contribution in [2.75, 3.05) is 6.54 Å². The summed E-state index contributed by atoms with van der Waals surface area (Å²) in [5, 5.41) is 12.3. The minimum Gasteiger partial charge on any atom is -0.313 e. The summed E-state index contributed by atoms with van der Waals surface area (Å²) in [5.41, 5.74) is 2.45. The Kier molecular flexibility index (Phi) is 5.18. The molecule has 92 valence electrons. The van der Waals surface area contributed by atoms with E-state index >= 15 is 0 Å². The normalized spacial score (nSPS) is 11.2. The topological polar surface area (TPSA) is 35.8 Å². The fraction of sp³-hybridized carbons (Fsp3) is 0.533. The van der Waals surface area contributed by atoms with E-state index in [9.17, 15) is 0 Å². The first kappa shape index (κ1) is 13.7. The molecule has 2 nitrogen and oxygen atoms in total. The van der Waals surface area contributed by atoms with E-state index in [0.29, 0.717) is 0 Å². The number of nitriles is 1. The summed E-state index contributed by atoms with van der Waals surface area (Å²) in [6.07, 6.45) is 1.97. The van der Waals surface area contributed by atoms with E-state index in [-0.39, 0.29) is 5.41 Å². The van der Waals surface area contributed by atoms with Crippen molar-refractivity contribution in [2.24, 2.45) is 5.41 Å². The van der Waals surface area contributed by atoms with Crippen molar-refractivity contribution in [2.45, 2.75) is 40.2 Å². The molecule has 0 bridgehead atoms. The summed E-state index contributed by atoms with van der Waals surface area (Å²) in [7, 11) is 0. The molecule has 0 aromatic heterocycles. The zero-order valence-corrected chi connectivity index (χ0v) is 11.1. The molecule has 1 aromatic rings. The third-order valence-electron chi connectivity index (χ3n) is 2.99. The molecule has 0 heterocycles. The molecular weight excluding hydrogens is 208 g/mol. The minimum atomic E-state index is -0.223. The van der Waals surface area contributed by atoms with Gasteiger partial charge < -0.3 is 5.32 Å². The fourth-order valence-corrected chi connectivity index (χ4v) is 1.58. The zero-order chi connectivity index (χ0) is 12.7. The lowest BCUT2D eigenvalue weighted by Crippen LogP contribution is -2.21. The monoisotopic (exact) mass is 230 g/mol. The van der Waals surface area contributed by atoms with Gasteiger partial charge in [0.1, 0.15) is 0 Å². The zero-order valence-electron chi connectivity index (χ0n) is 11.1. The smallest absolute Gasteiger partial charge is 0.0684 e. The quantitative estimate of drug-likeness (QED) is 0.761. The molecule has 0 radical (unpaired) electrons. The van der Waals surface area contributed by atoms with Gasteiger partial charge in [0.2, 0.25) is 0 Å². The van der Waals surface area contributed by atoms with Gasteiger partial charge in [-0.2, -0.15) is 5.26 Å². The maximum Gasteiger partial charge on any atom is 0.0684 e. The average molecular weight is 230 g/mol. The van der Waals surface area contributed by atoms with E-state index < -0.39 is 0 Å². The molecule has 0 aliphatic heterocycles. The summed E-state index contributed by atoms with van der Waals surface area (Å²) < 4.78 is 0. The first-order valence-corrected chi connectivity index (χ1v) is 6.27. The van der Waals surface area contributed by atoms with Gasteiger partial charge in [0, 0.05) is 6.54 Å². The van der Waals surface area contributed by atoms with Crippen LogP contribution in [-0.4, -0.2) is 6.54 Å². The first-order chi connectivity index (χ1) is 8.07. The van der Waals surface area contributed by atoms with Crippen molar-refractivity contribution < 1.29 is 0 Å². The number of benzene rings is 1. The standard InChI is InChI=1S/C15H22N2/c1-4-13-5-7-14(8-6-13)11-17-10-9-15(2,3)12-16/h5-8,17H,4,9-11H2,1-3H3. The number of hydrogen-bond acceptors (Lipinski definition) is 2. The van der Waals surface area contributed by atoms with Gasteiger partial charge in [0.15, 0.2) is 0 Å². The van der Waals surface area contributed by atoms with Gasteiger partial charge in [-0.1, -0.05) is 31.2 Å².